The summed E-state index contributed by atoms with van der Waals surface area (Å²) < 4.78 is 0. The average molecular weight is 370 g/mol. The molecule has 2 rings (SSSR count). The summed E-state index contributed by atoms with van der Waals surface area (Å²) in [5.41, 5.74) is 2.83. The molecule has 1 heterocycles. The van der Waals surface area contributed by atoms with Gasteiger partial charge in [0.1, 0.15) is 0 Å². The quantitative estimate of drug-likeness (QED) is 0.598. The summed E-state index contributed by atoms with van der Waals surface area (Å²) in [5, 5.41) is 9.18. The van der Waals surface area contributed by atoms with E-state index in [1.165, 1.54) is 17.4 Å². The van der Waals surface area contributed by atoms with Crippen LogP contribution in [-0.2, 0) is 9.59 Å². The van der Waals surface area contributed by atoms with Crippen LogP contribution >= 0.6 is 34.5 Å². The lowest BCUT2D eigenvalue weighted by atomic mass is 10.2. The predicted molar refractivity (Wildman–Crippen MR) is 94.4 cm³/mol. The molecule has 8 heteroatoms. The Morgan fingerprint density at radius 2 is 1.96 bits per heavy atom. The van der Waals surface area contributed by atoms with Gasteiger partial charge >= 0.3 is 0 Å². The molecule has 2 amide bonds. The van der Waals surface area contributed by atoms with Gasteiger partial charge < -0.3 is 5.32 Å². The number of benzene rings is 1. The van der Waals surface area contributed by atoms with Gasteiger partial charge in [-0.2, -0.15) is 5.10 Å². The van der Waals surface area contributed by atoms with Gasteiger partial charge in [-0.3, -0.25) is 9.59 Å². The lowest BCUT2D eigenvalue weighted by Crippen LogP contribution is -2.20. The van der Waals surface area contributed by atoms with Crippen molar-refractivity contribution in [3.8, 4) is 0 Å². The van der Waals surface area contributed by atoms with Crippen LogP contribution in [0.2, 0.25) is 10.0 Å². The summed E-state index contributed by atoms with van der Waals surface area (Å²) in [6.45, 7) is 0. The highest BCUT2D eigenvalue weighted by molar-refractivity contribution is 7.11. The average Bonchev–Trinajstić information content (AvgIpc) is 3.01. The van der Waals surface area contributed by atoms with Crippen LogP contribution in [0.4, 0.5) is 5.69 Å². The molecule has 0 unspecified atom stereocenters. The van der Waals surface area contributed by atoms with Crippen molar-refractivity contribution >= 4 is 58.3 Å². The number of carbonyl (C=O) groups is 2. The first-order chi connectivity index (χ1) is 11.0. The van der Waals surface area contributed by atoms with Crippen LogP contribution in [0.25, 0.3) is 0 Å². The van der Waals surface area contributed by atoms with Gasteiger partial charge in [0.25, 0.3) is 0 Å². The van der Waals surface area contributed by atoms with E-state index in [-0.39, 0.29) is 24.7 Å². The van der Waals surface area contributed by atoms with Crippen LogP contribution in [-0.4, -0.2) is 18.0 Å². The number of rotatable bonds is 6. The van der Waals surface area contributed by atoms with Crippen LogP contribution in [0.1, 0.15) is 17.7 Å². The molecule has 0 aliphatic carbocycles. The van der Waals surface area contributed by atoms with Crippen molar-refractivity contribution in [1.82, 2.24) is 5.43 Å². The topological polar surface area (TPSA) is 70.6 Å². The number of nitrogens with zero attached hydrogens (tertiary/aromatic N) is 1. The summed E-state index contributed by atoms with van der Waals surface area (Å²) in [7, 11) is 0. The van der Waals surface area contributed by atoms with Gasteiger partial charge in [0.2, 0.25) is 11.8 Å². The Hall–Kier alpha value is -1.89. The van der Waals surface area contributed by atoms with E-state index < -0.39 is 0 Å². The number of anilines is 1. The minimum atomic E-state index is -0.338. The van der Waals surface area contributed by atoms with Crippen molar-refractivity contribution in [3.63, 3.8) is 0 Å². The zero-order valence-corrected chi connectivity index (χ0v) is 14.2. The fraction of sp³-hybridized carbons (Fsp3) is 0.133. The highest BCUT2D eigenvalue weighted by Gasteiger charge is 2.09. The van der Waals surface area contributed by atoms with Crippen LogP contribution < -0.4 is 10.7 Å². The van der Waals surface area contributed by atoms with Crippen molar-refractivity contribution < 1.29 is 9.59 Å². The van der Waals surface area contributed by atoms with Crippen molar-refractivity contribution in [3.05, 3.63) is 50.6 Å². The molecule has 0 spiro atoms. The largest absolute Gasteiger partial charge is 0.325 e. The zero-order chi connectivity index (χ0) is 16.7. The second-order valence-electron chi connectivity index (χ2n) is 4.48. The summed E-state index contributed by atoms with van der Waals surface area (Å²) >= 11 is 13.2. The number of hydrogen-bond donors (Lipinski definition) is 2. The van der Waals surface area contributed by atoms with Gasteiger partial charge in [0, 0.05) is 22.7 Å². The lowest BCUT2D eigenvalue weighted by Gasteiger charge is -2.07. The highest BCUT2D eigenvalue weighted by atomic mass is 35.5. The number of nitrogens with one attached hydrogen (secondary N) is 2. The first-order valence-corrected chi connectivity index (χ1v) is 8.28. The summed E-state index contributed by atoms with van der Waals surface area (Å²) in [6.07, 6.45) is 1.61. The molecule has 5 nitrogen and oxygen atoms in total. The monoisotopic (exact) mass is 369 g/mol. The minimum absolute atomic E-state index is 0.0266. The summed E-state index contributed by atoms with van der Waals surface area (Å²) in [4.78, 5) is 24.3. The molecule has 0 atom stereocenters. The fourth-order valence-electron chi connectivity index (χ4n) is 1.62. The van der Waals surface area contributed by atoms with Crippen LogP contribution in [0, 0.1) is 0 Å². The Morgan fingerprint density at radius 3 is 2.65 bits per heavy atom. The third-order valence-electron chi connectivity index (χ3n) is 2.71. The smallest absolute Gasteiger partial charge is 0.240 e. The molecule has 0 bridgehead atoms. The van der Waals surface area contributed by atoms with E-state index >= 15 is 0 Å². The fourth-order valence-corrected chi connectivity index (χ4v) is 2.66. The van der Waals surface area contributed by atoms with Gasteiger partial charge in [-0.25, -0.2) is 5.43 Å². The SMILES string of the molecule is O=C(CCC(=O)Nc1ccc(Cl)cc1Cl)N/N=C\c1cccs1. The van der Waals surface area contributed by atoms with Gasteiger partial charge in [-0.1, -0.05) is 29.3 Å². The molecule has 0 aliphatic heterocycles. The van der Waals surface area contributed by atoms with E-state index in [1.54, 1.807) is 18.3 Å². The molecular weight excluding hydrogens is 357 g/mol. The Balaban J connectivity index is 1.74. The van der Waals surface area contributed by atoms with E-state index in [2.05, 4.69) is 15.8 Å². The van der Waals surface area contributed by atoms with Crippen molar-refractivity contribution in [2.24, 2.45) is 5.10 Å². The van der Waals surface area contributed by atoms with Gasteiger partial charge in [0.15, 0.2) is 0 Å². The number of hydrazone groups is 1. The van der Waals surface area contributed by atoms with E-state index in [1.807, 2.05) is 17.5 Å². The van der Waals surface area contributed by atoms with Gasteiger partial charge in [-0.15, -0.1) is 11.3 Å². The third-order valence-corrected chi connectivity index (χ3v) is 4.06. The molecule has 2 N–H and O–H groups in total. The van der Waals surface area contributed by atoms with E-state index in [4.69, 9.17) is 23.2 Å². The van der Waals surface area contributed by atoms with E-state index in [0.29, 0.717) is 15.7 Å². The van der Waals surface area contributed by atoms with Crippen LogP contribution in [0.3, 0.4) is 0 Å². The maximum atomic E-state index is 11.8. The van der Waals surface area contributed by atoms with Crippen LogP contribution in [0.5, 0.6) is 0 Å². The maximum Gasteiger partial charge on any atom is 0.240 e. The Bertz CT molecular complexity index is 718. The van der Waals surface area contributed by atoms with Crippen LogP contribution in [0.15, 0.2) is 40.8 Å². The molecule has 0 saturated heterocycles. The lowest BCUT2D eigenvalue weighted by molar-refractivity contribution is -0.124. The molecule has 1 aromatic heterocycles. The molecular formula is C15H13Cl2N3O2S. The molecule has 2 aromatic rings. The van der Waals surface area contributed by atoms with Crippen molar-refractivity contribution in [1.29, 1.82) is 0 Å². The molecule has 1 aromatic carbocycles. The molecule has 120 valence electrons. The molecule has 0 aliphatic rings. The third kappa shape index (κ3) is 6.02. The molecule has 0 saturated carbocycles. The van der Waals surface area contributed by atoms with Gasteiger partial charge in [-0.05, 0) is 29.6 Å². The summed E-state index contributed by atoms with van der Waals surface area (Å²) in [6, 6.07) is 8.53. The minimum Gasteiger partial charge on any atom is -0.325 e. The molecule has 23 heavy (non-hydrogen) atoms. The highest BCUT2D eigenvalue weighted by Crippen LogP contribution is 2.25. The van der Waals surface area contributed by atoms with E-state index in [9.17, 15) is 9.59 Å². The number of carbonyl (C=O) groups excluding carboxylic acids is 2. The Morgan fingerprint density at radius 1 is 1.17 bits per heavy atom. The standard InChI is InChI=1S/C15H13Cl2N3O2S/c16-10-3-4-13(12(17)8-10)19-14(21)5-6-15(22)20-18-9-11-2-1-7-23-11/h1-4,7-9H,5-6H2,(H,19,21)(H,20,22)/b18-9-. The number of thiophene rings is 1. The first kappa shape index (κ1) is 17.5. The van der Waals surface area contributed by atoms with Gasteiger partial charge in [0.05, 0.1) is 16.9 Å². The second-order valence-corrected chi connectivity index (χ2v) is 6.30. The molecule has 0 radical (unpaired) electrons. The Kier molecular flexibility index (Phi) is 6.58. The summed E-state index contributed by atoms with van der Waals surface area (Å²) in [5.74, 6) is -0.651. The number of hydrogen-bond acceptors (Lipinski definition) is 4. The zero-order valence-electron chi connectivity index (χ0n) is 11.9. The number of amides is 2. The molecule has 0 fully saturated rings. The van der Waals surface area contributed by atoms with Crippen molar-refractivity contribution in [2.75, 3.05) is 5.32 Å². The number of halogens is 2. The first-order valence-electron chi connectivity index (χ1n) is 6.65. The second kappa shape index (κ2) is 8.67. The Labute approximate surface area is 147 Å². The predicted octanol–water partition coefficient (Wildman–Crippen LogP) is 3.92. The van der Waals surface area contributed by atoms with Crippen molar-refractivity contribution in [2.45, 2.75) is 12.8 Å². The van der Waals surface area contributed by atoms with E-state index in [0.717, 1.165) is 4.88 Å². The maximum absolute atomic E-state index is 11.8. The normalized spacial score (nSPS) is 10.7.